The van der Waals surface area contributed by atoms with Crippen LogP contribution in [0, 0.1) is 13.8 Å². The Labute approximate surface area is 133 Å². The number of thiazole rings is 1. The molecule has 0 saturated heterocycles. The van der Waals surface area contributed by atoms with Crippen LogP contribution in [0.25, 0.3) is 0 Å². The minimum absolute atomic E-state index is 0.147. The lowest BCUT2D eigenvalue weighted by Gasteiger charge is -2.08. The zero-order valence-corrected chi connectivity index (χ0v) is 13.6. The predicted molar refractivity (Wildman–Crippen MR) is 86.9 cm³/mol. The number of nitrogens with zero attached hydrogens (tertiary/aromatic N) is 1. The molecule has 0 fully saturated rings. The number of benzene rings is 1. The Kier molecular flexibility index (Phi) is 4.92. The van der Waals surface area contributed by atoms with Crippen LogP contribution in [0.3, 0.4) is 0 Å². The maximum atomic E-state index is 12.4. The molecular weight excluding hydrogens is 300 g/mol. The number of carboxylic acid groups (broad SMARTS) is 1. The molecule has 0 atom stereocenters. The zero-order chi connectivity index (χ0) is 16.3. The van der Waals surface area contributed by atoms with Crippen molar-refractivity contribution in [3.8, 4) is 0 Å². The zero-order valence-electron chi connectivity index (χ0n) is 12.8. The second kappa shape index (κ2) is 6.70. The summed E-state index contributed by atoms with van der Waals surface area (Å²) in [6, 6.07) is 4.67. The van der Waals surface area contributed by atoms with E-state index < -0.39 is 5.97 Å². The van der Waals surface area contributed by atoms with Crippen molar-refractivity contribution >= 4 is 28.9 Å². The van der Waals surface area contributed by atoms with Crippen LogP contribution in [-0.2, 0) is 6.42 Å². The number of carboxylic acids is 1. The summed E-state index contributed by atoms with van der Waals surface area (Å²) in [7, 11) is 0. The van der Waals surface area contributed by atoms with E-state index in [9.17, 15) is 9.59 Å². The van der Waals surface area contributed by atoms with Crippen molar-refractivity contribution in [1.29, 1.82) is 0 Å². The van der Waals surface area contributed by atoms with Gasteiger partial charge in [0, 0.05) is 5.69 Å². The van der Waals surface area contributed by atoms with Crippen LogP contribution in [0.2, 0.25) is 0 Å². The van der Waals surface area contributed by atoms with Crippen molar-refractivity contribution in [2.24, 2.45) is 0 Å². The molecule has 0 aliphatic carbocycles. The van der Waals surface area contributed by atoms with E-state index in [0.717, 1.165) is 23.4 Å². The van der Waals surface area contributed by atoms with Gasteiger partial charge in [-0.2, -0.15) is 0 Å². The highest BCUT2D eigenvalue weighted by Crippen LogP contribution is 2.23. The van der Waals surface area contributed by atoms with Crippen molar-refractivity contribution in [3.05, 3.63) is 44.9 Å². The van der Waals surface area contributed by atoms with E-state index in [0.29, 0.717) is 16.3 Å². The topological polar surface area (TPSA) is 79.3 Å². The van der Waals surface area contributed by atoms with Crippen molar-refractivity contribution in [2.45, 2.75) is 33.6 Å². The first-order valence-corrected chi connectivity index (χ1v) is 7.85. The van der Waals surface area contributed by atoms with Gasteiger partial charge in [0.15, 0.2) is 0 Å². The summed E-state index contributed by atoms with van der Waals surface area (Å²) >= 11 is 1.39. The van der Waals surface area contributed by atoms with Gasteiger partial charge in [-0.3, -0.25) is 4.79 Å². The van der Waals surface area contributed by atoms with Gasteiger partial charge >= 0.3 is 5.97 Å². The Morgan fingerprint density at radius 2 is 2.05 bits per heavy atom. The highest BCUT2D eigenvalue weighted by molar-refractivity contribution is 7.13. The van der Waals surface area contributed by atoms with Gasteiger partial charge in [0.2, 0.25) is 0 Å². The van der Waals surface area contributed by atoms with Crippen molar-refractivity contribution < 1.29 is 14.7 Å². The molecule has 22 heavy (non-hydrogen) atoms. The summed E-state index contributed by atoms with van der Waals surface area (Å²) in [6.45, 7) is 5.70. The lowest BCUT2D eigenvalue weighted by Crippen LogP contribution is -2.13. The number of aromatic nitrogens is 1. The molecule has 0 saturated carbocycles. The molecule has 1 aromatic carbocycles. The smallest absolute Gasteiger partial charge is 0.335 e. The summed E-state index contributed by atoms with van der Waals surface area (Å²) in [4.78, 5) is 28.4. The van der Waals surface area contributed by atoms with Gasteiger partial charge in [-0.05, 0) is 44.4 Å². The molecule has 116 valence electrons. The number of carbonyl (C=O) groups excluding carboxylic acids is 1. The van der Waals surface area contributed by atoms with E-state index in [1.165, 1.54) is 23.5 Å². The normalized spacial score (nSPS) is 10.5. The van der Waals surface area contributed by atoms with Crippen LogP contribution >= 0.6 is 11.3 Å². The third-order valence-corrected chi connectivity index (χ3v) is 4.46. The molecule has 1 aromatic heterocycles. The minimum atomic E-state index is -1.02. The number of hydrogen-bond donors (Lipinski definition) is 2. The minimum Gasteiger partial charge on any atom is -0.478 e. The number of rotatable bonds is 5. The third-order valence-electron chi connectivity index (χ3n) is 3.24. The molecule has 0 aliphatic rings. The van der Waals surface area contributed by atoms with E-state index in [-0.39, 0.29) is 11.5 Å². The number of anilines is 1. The van der Waals surface area contributed by atoms with Crippen LogP contribution < -0.4 is 5.32 Å². The first-order chi connectivity index (χ1) is 10.4. The largest absolute Gasteiger partial charge is 0.478 e. The van der Waals surface area contributed by atoms with Crippen LogP contribution in [0.5, 0.6) is 0 Å². The molecule has 0 bridgehead atoms. The molecule has 6 heteroatoms. The maximum absolute atomic E-state index is 12.4. The number of nitrogens with one attached hydrogen (secondary N) is 1. The molecule has 0 radical (unpaired) electrons. The highest BCUT2D eigenvalue weighted by atomic mass is 32.1. The average molecular weight is 318 g/mol. The summed E-state index contributed by atoms with van der Waals surface area (Å²) < 4.78 is 0. The van der Waals surface area contributed by atoms with E-state index >= 15 is 0 Å². The summed E-state index contributed by atoms with van der Waals surface area (Å²) in [5.41, 5.74) is 2.18. The van der Waals surface area contributed by atoms with E-state index in [1.54, 1.807) is 6.07 Å². The van der Waals surface area contributed by atoms with Gasteiger partial charge in [-0.15, -0.1) is 11.3 Å². The van der Waals surface area contributed by atoms with Crippen LogP contribution in [0.1, 0.15) is 49.6 Å². The molecule has 2 aromatic rings. The molecule has 2 rings (SSSR count). The van der Waals surface area contributed by atoms with E-state index in [4.69, 9.17) is 5.11 Å². The fraction of sp³-hybridized carbons (Fsp3) is 0.312. The molecule has 1 heterocycles. The summed E-state index contributed by atoms with van der Waals surface area (Å²) in [5.74, 6) is -1.27. The number of aryl methyl sites for hydroxylation is 3. The fourth-order valence-electron chi connectivity index (χ4n) is 2.05. The van der Waals surface area contributed by atoms with Crippen LogP contribution in [0.15, 0.2) is 18.2 Å². The fourth-order valence-corrected chi connectivity index (χ4v) is 3.11. The lowest BCUT2D eigenvalue weighted by atomic mass is 10.1. The molecule has 2 N–H and O–H groups in total. The molecule has 1 amide bonds. The van der Waals surface area contributed by atoms with Gasteiger partial charge in [-0.1, -0.05) is 13.0 Å². The molecule has 0 spiro atoms. The highest BCUT2D eigenvalue weighted by Gasteiger charge is 2.16. The van der Waals surface area contributed by atoms with Crippen molar-refractivity contribution in [2.75, 3.05) is 5.32 Å². The number of hydrogen-bond acceptors (Lipinski definition) is 4. The summed E-state index contributed by atoms with van der Waals surface area (Å²) in [5, 5.41) is 12.8. The van der Waals surface area contributed by atoms with Crippen molar-refractivity contribution in [3.63, 3.8) is 0 Å². The van der Waals surface area contributed by atoms with E-state index in [2.05, 4.69) is 17.2 Å². The quantitative estimate of drug-likeness (QED) is 0.881. The Morgan fingerprint density at radius 3 is 2.68 bits per heavy atom. The Morgan fingerprint density at radius 1 is 1.32 bits per heavy atom. The van der Waals surface area contributed by atoms with Gasteiger partial charge in [0.25, 0.3) is 5.91 Å². The Hall–Kier alpha value is -2.21. The standard InChI is InChI=1S/C16H18N2O3S/c1-4-5-13-17-10(3)14(22-13)15(19)18-12-8-11(16(20)21)7-6-9(12)2/h6-8H,4-5H2,1-3H3,(H,18,19)(H,20,21). The SMILES string of the molecule is CCCc1nc(C)c(C(=O)Nc2cc(C(=O)O)ccc2C)s1. The number of aromatic carboxylic acids is 1. The van der Waals surface area contributed by atoms with Gasteiger partial charge < -0.3 is 10.4 Å². The molecule has 5 nitrogen and oxygen atoms in total. The number of amides is 1. The lowest BCUT2D eigenvalue weighted by molar-refractivity contribution is 0.0696. The summed E-state index contributed by atoms with van der Waals surface area (Å²) in [6.07, 6.45) is 1.83. The Balaban J connectivity index is 2.25. The monoisotopic (exact) mass is 318 g/mol. The van der Waals surface area contributed by atoms with Crippen LogP contribution in [-0.4, -0.2) is 22.0 Å². The van der Waals surface area contributed by atoms with E-state index in [1.807, 2.05) is 13.8 Å². The second-order valence-corrected chi connectivity index (χ2v) is 6.14. The van der Waals surface area contributed by atoms with Gasteiger partial charge in [0.05, 0.1) is 16.3 Å². The van der Waals surface area contributed by atoms with Crippen molar-refractivity contribution in [1.82, 2.24) is 4.98 Å². The number of carbonyl (C=O) groups is 2. The van der Waals surface area contributed by atoms with Crippen LogP contribution in [0.4, 0.5) is 5.69 Å². The Bertz CT molecular complexity index is 722. The average Bonchev–Trinajstić information content (AvgIpc) is 2.82. The van der Waals surface area contributed by atoms with Gasteiger partial charge in [-0.25, -0.2) is 9.78 Å². The van der Waals surface area contributed by atoms with Gasteiger partial charge in [0.1, 0.15) is 4.88 Å². The first kappa shape index (κ1) is 16.2. The first-order valence-electron chi connectivity index (χ1n) is 7.04. The molecule has 0 aliphatic heterocycles. The second-order valence-electron chi connectivity index (χ2n) is 5.06. The molecule has 0 unspecified atom stereocenters. The maximum Gasteiger partial charge on any atom is 0.335 e. The molecular formula is C16H18N2O3S. The third kappa shape index (κ3) is 3.51. The predicted octanol–water partition coefficient (Wildman–Crippen LogP) is 3.66.